The van der Waals surface area contributed by atoms with Gasteiger partial charge in [0.2, 0.25) is 11.8 Å². The van der Waals surface area contributed by atoms with Gasteiger partial charge < -0.3 is 10.2 Å². The number of hydrogen-bond donors (Lipinski definition) is 1. The van der Waals surface area contributed by atoms with Gasteiger partial charge in [-0.1, -0.05) is 56.3 Å². The molecule has 0 unspecified atom stereocenters. The highest BCUT2D eigenvalue weighted by Crippen LogP contribution is 2.32. The van der Waals surface area contributed by atoms with E-state index in [9.17, 15) is 9.59 Å². The van der Waals surface area contributed by atoms with Gasteiger partial charge in [0.25, 0.3) is 0 Å². The van der Waals surface area contributed by atoms with Crippen LogP contribution < -0.4 is 10.2 Å². The van der Waals surface area contributed by atoms with E-state index in [-0.39, 0.29) is 24.2 Å². The van der Waals surface area contributed by atoms with Crippen LogP contribution in [0.15, 0.2) is 54.6 Å². The highest BCUT2D eigenvalue weighted by Gasteiger charge is 2.35. The topological polar surface area (TPSA) is 62.3 Å². The van der Waals surface area contributed by atoms with Gasteiger partial charge in [0.1, 0.15) is 0 Å². The number of thiazole rings is 1. The molecule has 30 heavy (non-hydrogen) atoms. The van der Waals surface area contributed by atoms with Crippen molar-refractivity contribution in [3.8, 4) is 11.3 Å². The van der Waals surface area contributed by atoms with E-state index >= 15 is 0 Å². The quantitative estimate of drug-likeness (QED) is 0.616. The minimum absolute atomic E-state index is 0.0160. The van der Waals surface area contributed by atoms with Crippen molar-refractivity contribution in [2.24, 2.45) is 5.92 Å². The van der Waals surface area contributed by atoms with Crippen LogP contribution in [-0.4, -0.2) is 23.3 Å². The summed E-state index contributed by atoms with van der Waals surface area (Å²) in [5.74, 6) is -0.540. The largest absolute Gasteiger partial charge is 0.312 e. The fourth-order valence-electron chi connectivity index (χ4n) is 3.72. The van der Waals surface area contributed by atoms with E-state index in [1.54, 1.807) is 4.90 Å². The number of benzene rings is 2. The fraction of sp³-hybridized carbons (Fsp3) is 0.292. The molecule has 5 nitrogen and oxygen atoms in total. The van der Waals surface area contributed by atoms with E-state index in [4.69, 9.17) is 0 Å². The maximum atomic E-state index is 12.9. The molecule has 2 aromatic carbocycles. The Labute approximate surface area is 180 Å². The van der Waals surface area contributed by atoms with Gasteiger partial charge in [-0.05, 0) is 30.5 Å². The second-order valence-corrected chi connectivity index (χ2v) is 8.51. The number of nitrogens with one attached hydrogen (secondary N) is 1. The number of hydrogen-bond acceptors (Lipinski definition) is 4. The van der Waals surface area contributed by atoms with Gasteiger partial charge in [0.05, 0.1) is 11.6 Å². The molecule has 2 heterocycles. The number of rotatable bonds is 6. The summed E-state index contributed by atoms with van der Waals surface area (Å²) in [6.07, 6.45) is 2.03. The molecule has 1 saturated heterocycles. The van der Waals surface area contributed by atoms with Gasteiger partial charge in [-0.15, -0.1) is 11.3 Å². The molecule has 6 heteroatoms. The first kappa shape index (κ1) is 20.3. The third-order valence-electron chi connectivity index (χ3n) is 5.45. The summed E-state index contributed by atoms with van der Waals surface area (Å²) >= 11 is 1.50. The lowest BCUT2D eigenvalue weighted by molar-refractivity contribution is -0.122. The smallest absolute Gasteiger partial charge is 0.231 e. The number of aromatic nitrogens is 1. The van der Waals surface area contributed by atoms with Gasteiger partial charge in [-0.25, -0.2) is 4.98 Å². The molecular weight excluding hydrogens is 394 g/mol. The minimum atomic E-state index is -0.377. The van der Waals surface area contributed by atoms with Crippen molar-refractivity contribution in [2.75, 3.05) is 16.8 Å². The van der Waals surface area contributed by atoms with E-state index in [0.717, 1.165) is 34.7 Å². The van der Waals surface area contributed by atoms with Crippen LogP contribution in [0.2, 0.25) is 0 Å². The molecule has 154 valence electrons. The molecule has 1 aliphatic rings. The number of aryl methyl sites for hydroxylation is 2. The van der Waals surface area contributed by atoms with Crippen molar-refractivity contribution in [3.63, 3.8) is 0 Å². The Morgan fingerprint density at radius 3 is 2.50 bits per heavy atom. The molecule has 4 rings (SSSR count). The molecule has 3 aromatic rings. The van der Waals surface area contributed by atoms with Crippen molar-refractivity contribution >= 4 is 34.0 Å². The Kier molecular flexibility index (Phi) is 5.95. The molecule has 1 aliphatic heterocycles. The highest BCUT2D eigenvalue weighted by atomic mass is 32.1. The van der Waals surface area contributed by atoms with Crippen LogP contribution in [0.3, 0.4) is 0 Å². The van der Waals surface area contributed by atoms with Gasteiger partial charge in [0.15, 0.2) is 5.13 Å². The average molecular weight is 420 g/mol. The normalized spacial score (nSPS) is 16.1. The summed E-state index contributed by atoms with van der Waals surface area (Å²) in [5, 5.41) is 3.54. The molecule has 1 aromatic heterocycles. The zero-order chi connectivity index (χ0) is 21.1. The maximum Gasteiger partial charge on any atom is 0.231 e. The Morgan fingerprint density at radius 1 is 1.10 bits per heavy atom. The number of anilines is 2. The number of nitrogens with zero attached hydrogens (tertiary/aromatic N) is 2. The maximum absolute atomic E-state index is 12.9. The van der Waals surface area contributed by atoms with Crippen LogP contribution in [0.5, 0.6) is 0 Å². The van der Waals surface area contributed by atoms with Crippen molar-refractivity contribution < 1.29 is 9.59 Å². The second-order valence-electron chi connectivity index (χ2n) is 7.43. The zero-order valence-electron chi connectivity index (χ0n) is 17.2. The molecule has 0 aliphatic carbocycles. The first-order chi connectivity index (χ1) is 14.6. The zero-order valence-corrected chi connectivity index (χ0v) is 18.0. The molecule has 0 spiro atoms. The van der Waals surface area contributed by atoms with Crippen LogP contribution in [-0.2, 0) is 22.4 Å². The highest BCUT2D eigenvalue weighted by molar-refractivity contribution is 7.16. The Hall–Kier alpha value is -2.99. The number of carbonyl (C=O) groups excluding carboxylic acids is 2. The Balaban J connectivity index is 1.47. The Bertz CT molecular complexity index is 1040. The number of carbonyl (C=O) groups is 2. The average Bonchev–Trinajstić information content (AvgIpc) is 3.37. The molecule has 1 N–H and O–H groups in total. The lowest BCUT2D eigenvalue weighted by atomic mass is 10.1. The first-order valence-corrected chi connectivity index (χ1v) is 11.2. The molecule has 0 bridgehead atoms. The predicted molar refractivity (Wildman–Crippen MR) is 122 cm³/mol. The molecule has 2 amide bonds. The summed E-state index contributed by atoms with van der Waals surface area (Å²) in [5.41, 5.74) is 4.04. The van der Waals surface area contributed by atoms with Gasteiger partial charge in [-0.2, -0.15) is 0 Å². The van der Waals surface area contributed by atoms with E-state index < -0.39 is 0 Å². The third-order valence-corrected chi connectivity index (χ3v) is 6.56. The molecule has 1 fully saturated rings. The standard InChI is InChI=1S/C24H25N3O2S/c1-3-16-10-12-19(13-11-16)27-15-18(14-21(27)28)23(29)26-24-25-22(20(4-2)30-24)17-8-6-5-7-9-17/h5-13,18H,3-4,14-15H2,1-2H3,(H,25,26,29)/t18-/m1/s1. The molecule has 0 radical (unpaired) electrons. The third kappa shape index (κ3) is 4.14. The van der Waals surface area contributed by atoms with Crippen molar-refractivity contribution in [1.29, 1.82) is 0 Å². The fourth-order valence-corrected chi connectivity index (χ4v) is 4.64. The molecular formula is C24H25N3O2S. The summed E-state index contributed by atoms with van der Waals surface area (Å²) in [7, 11) is 0. The predicted octanol–water partition coefficient (Wildman–Crippen LogP) is 4.93. The molecule has 0 saturated carbocycles. The minimum Gasteiger partial charge on any atom is -0.312 e. The van der Waals surface area contributed by atoms with Crippen LogP contribution in [0.25, 0.3) is 11.3 Å². The van der Waals surface area contributed by atoms with Gasteiger partial charge >= 0.3 is 0 Å². The van der Waals surface area contributed by atoms with Crippen molar-refractivity contribution in [1.82, 2.24) is 4.98 Å². The van der Waals surface area contributed by atoms with Crippen molar-refractivity contribution in [2.45, 2.75) is 33.1 Å². The summed E-state index contributed by atoms with van der Waals surface area (Å²) in [6, 6.07) is 18.0. The van der Waals surface area contributed by atoms with Crippen LogP contribution in [0.1, 0.15) is 30.7 Å². The molecule has 1 atom stereocenters. The lowest BCUT2D eigenvalue weighted by Crippen LogP contribution is -2.28. The lowest BCUT2D eigenvalue weighted by Gasteiger charge is -2.17. The SMILES string of the molecule is CCc1ccc(N2C[C@H](C(=O)Nc3nc(-c4ccccc4)c(CC)s3)CC2=O)cc1. The van der Waals surface area contributed by atoms with Gasteiger partial charge in [-0.3, -0.25) is 9.59 Å². The van der Waals surface area contributed by atoms with Crippen LogP contribution in [0, 0.1) is 5.92 Å². The first-order valence-electron chi connectivity index (χ1n) is 10.3. The Morgan fingerprint density at radius 2 is 1.83 bits per heavy atom. The van der Waals surface area contributed by atoms with E-state index in [0.29, 0.717) is 11.7 Å². The van der Waals surface area contributed by atoms with Gasteiger partial charge in [0, 0.05) is 29.1 Å². The summed E-state index contributed by atoms with van der Waals surface area (Å²) in [6.45, 7) is 4.58. The monoisotopic (exact) mass is 419 g/mol. The van der Waals surface area contributed by atoms with E-state index in [1.807, 2.05) is 54.6 Å². The van der Waals surface area contributed by atoms with E-state index in [1.165, 1.54) is 16.9 Å². The van der Waals surface area contributed by atoms with Crippen LogP contribution >= 0.6 is 11.3 Å². The summed E-state index contributed by atoms with van der Waals surface area (Å²) in [4.78, 5) is 32.9. The number of amides is 2. The van der Waals surface area contributed by atoms with Crippen LogP contribution in [0.4, 0.5) is 10.8 Å². The summed E-state index contributed by atoms with van der Waals surface area (Å²) < 4.78 is 0. The second kappa shape index (κ2) is 8.79. The van der Waals surface area contributed by atoms with E-state index in [2.05, 4.69) is 24.1 Å². The van der Waals surface area contributed by atoms with Crippen molar-refractivity contribution in [3.05, 3.63) is 65.0 Å².